The van der Waals surface area contributed by atoms with Crippen molar-refractivity contribution in [2.45, 2.75) is 32.1 Å². The highest BCUT2D eigenvalue weighted by Gasteiger charge is 2.36. The van der Waals surface area contributed by atoms with E-state index in [9.17, 15) is 9.59 Å². The highest BCUT2D eigenvalue weighted by atomic mass is 32.2. The molecule has 4 nitrogen and oxygen atoms in total. The van der Waals surface area contributed by atoms with Crippen LogP contribution in [0.4, 0.5) is 11.4 Å². The smallest absolute Gasteiger partial charge is 0.255 e. The highest BCUT2D eigenvalue weighted by Crippen LogP contribution is 2.46. The summed E-state index contributed by atoms with van der Waals surface area (Å²) in [5, 5.41) is 2.88. The summed E-state index contributed by atoms with van der Waals surface area (Å²) in [5.41, 5.74) is 5.32. The molecule has 1 aliphatic rings. The van der Waals surface area contributed by atoms with Gasteiger partial charge in [0.2, 0.25) is 5.91 Å². The maximum atomic E-state index is 13.0. The van der Waals surface area contributed by atoms with Gasteiger partial charge in [0.25, 0.3) is 5.91 Å². The molecule has 1 saturated heterocycles. The molecule has 158 valence electrons. The Bertz CT molecular complexity index is 1130. The van der Waals surface area contributed by atoms with Crippen molar-refractivity contribution in [1.29, 1.82) is 0 Å². The Kier molecular flexibility index (Phi) is 6.14. The number of carbonyl (C=O) groups excluding carboxylic acids is 2. The highest BCUT2D eigenvalue weighted by molar-refractivity contribution is 8.00. The molecule has 0 aliphatic carbocycles. The molecule has 2 amide bonds. The molecule has 3 aromatic carbocycles. The summed E-state index contributed by atoms with van der Waals surface area (Å²) in [6.07, 6.45) is 0. The van der Waals surface area contributed by atoms with Crippen LogP contribution in [0.15, 0.2) is 72.8 Å². The van der Waals surface area contributed by atoms with Gasteiger partial charge in [0.1, 0.15) is 5.37 Å². The Morgan fingerprint density at radius 2 is 1.68 bits per heavy atom. The molecule has 0 aromatic heterocycles. The van der Waals surface area contributed by atoms with E-state index >= 15 is 0 Å². The standard InChI is InChI=1S/C26H26N2O2S/c1-17(2)19-11-7-9-15-23(19)28-24(29)16-31-26(28)21-13-6-8-14-22(21)27-25(30)20-12-5-4-10-18(20)3/h4-15,17,26H,16H2,1-3H3,(H,27,30)/t26-/m1/s1. The fourth-order valence-electron chi connectivity index (χ4n) is 3.95. The number of nitrogens with one attached hydrogen (secondary N) is 1. The molecule has 0 unspecified atom stereocenters. The predicted octanol–water partition coefficient (Wildman–Crippen LogP) is 6.15. The zero-order valence-electron chi connectivity index (χ0n) is 18.0. The number of para-hydroxylation sites is 2. The molecule has 1 heterocycles. The van der Waals surface area contributed by atoms with Crippen molar-refractivity contribution in [1.82, 2.24) is 0 Å². The molecule has 4 rings (SSSR count). The number of amides is 2. The van der Waals surface area contributed by atoms with Crippen LogP contribution in [0.5, 0.6) is 0 Å². The number of nitrogens with zero attached hydrogens (tertiary/aromatic N) is 1. The fourth-order valence-corrected chi connectivity index (χ4v) is 5.16. The van der Waals surface area contributed by atoms with Gasteiger partial charge >= 0.3 is 0 Å². The molecule has 0 bridgehead atoms. The van der Waals surface area contributed by atoms with Crippen molar-refractivity contribution in [2.24, 2.45) is 0 Å². The third-order valence-corrected chi connectivity index (χ3v) is 6.75. The quantitative estimate of drug-likeness (QED) is 0.528. The van der Waals surface area contributed by atoms with Crippen LogP contribution in [0.3, 0.4) is 0 Å². The second kappa shape index (κ2) is 8.98. The number of rotatable bonds is 5. The Morgan fingerprint density at radius 3 is 2.45 bits per heavy atom. The summed E-state index contributed by atoms with van der Waals surface area (Å²) in [5.74, 6) is 0.653. The molecular weight excluding hydrogens is 404 g/mol. The molecule has 1 N–H and O–H groups in total. The number of hydrogen-bond acceptors (Lipinski definition) is 3. The molecule has 0 radical (unpaired) electrons. The van der Waals surface area contributed by atoms with Crippen LogP contribution in [0.25, 0.3) is 0 Å². The van der Waals surface area contributed by atoms with Gasteiger partial charge in [-0.3, -0.25) is 14.5 Å². The first-order valence-corrected chi connectivity index (χ1v) is 11.5. The second-order valence-corrected chi connectivity index (χ2v) is 9.07. The average Bonchev–Trinajstić information content (AvgIpc) is 3.15. The van der Waals surface area contributed by atoms with Crippen molar-refractivity contribution in [2.75, 3.05) is 16.0 Å². The summed E-state index contributed by atoms with van der Waals surface area (Å²) in [6, 6.07) is 23.4. The van der Waals surface area contributed by atoms with Gasteiger partial charge in [0.15, 0.2) is 0 Å². The van der Waals surface area contributed by atoms with E-state index in [1.54, 1.807) is 11.8 Å². The first kappa shape index (κ1) is 21.2. The van der Waals surface area contributed by atoms with E-state index in [1.165, 1.54) is 0 Å². The minimum atomic E-state index is -0.194. The first-order chi connectivity index (χ1) is 15.0. The average molecular weight is 431 g/mol. The monoisotopic (exact) mass is 430 g/mol. The van der Waals surface area contributed by atoms with Gasteiger partial charge in [-0.15, -0.1) is 11.8 Å². The van der Waals surface area contributed by atoms with E-state index < -0.39 is 0 Å². The van der Waals surface area contributed by atoms with Crippen molar-refractivity contribution in [3.63, 3.8) is 0 Å². The molecule has 0 spiro atoms. The zero-order chi connectivity index (χ0) is 22.0. The number of carbonyl (C=O) groups is 2. The maximum Gasteiger partial charge on any atom is 0.255 e. The Morgan fingerprint density at radius 1 is 1.00 bits per heavy atom. The topological polar surface area (TPSA) is 49.4 Å². The lowest BCUT2D eigenvalue weighted by molar-refractivity contribution is -0.115. The lowest BCUT2D eigenvalue weighted by atomic mass is 10.00. The molecular formula is C26H26N2O2S. The molecule has 1 aliphatic heterocycles. The largest absolute Gasteiger partial charge is 0.322 e. The van der Waals surface area contributed by atoms with Crippen molar-refractivity contribution in [3.8, 4) is 0 Å². The van der Waals surface area contributed by atoms with Gasteiger partial charge in [-0.1, -0.05) is 68.4 Å². The molecule has 0 saturated carbocycles. The SMILES string of the molecule is Cc1ccccc1C(=O)Nc1ccccc1[C@H]1SCC(=O)N1c1ccccc1C(C)C. The summed E-state index contributed by atoms with van der Waals surface area (Å²) in [4.78, 5) is 27.8. The van der Waals surface area contributed by atoms with Crippen molar-refractivity contribution >= 4 is 35.0 Å². The van der Waals surface area contributed by atoms with Crippen LogP contribution in [0.2, 0.25) is 0 Å². The van der Waals surface area contributed by atoms with Crippen molar-refractivity contribution in [3.05, 3.63) is 95.1 Å². The Hall–Kier alpha value is -3.05. The summed E-state index contributed by atoms with van der Waals surface area (Å²) >= 11 is 1.59. The van der Waals surface area contributed by atoms with Crippen LogP contribution in [-0.2, 0) is 4.79 Å². The van der Waals surface area contributed by atoms with Gasteiger partial charge in [-0.25, -0.2) is 0 Å². The minimum Gasteiger partial charge on any atom is -0.322 e. The van der Waals surface area contributed by atoms with Crippen molar-refractivity contribution < 1.29 is 9.59 Å². The van der Waals surface area contributed by atoms with E-state index in [0.717, 1.165) is 28.1 Å². The number of benzene rings is 3. The molecule has 31 heavy (non-hydrogen) atoms. The summed E-state index contributed by atoms with van der Waals surface area (Å²) in [6.45, 7) is 6.20. The van der Waals surface area contributed by atoms with Gasteiger partial charge < -0.3 is 5.32 Å². The zero-order valence-corrected chi connectivity index (χ0v) is 18.8. The first-order valence-electron chi connectivity index (χ1n) is 10.5. The van der Waals surface area contributed by atoms with Crippen LogP contribution in [0.1, 0.15) is 52.2 Å². The number of anilines is 2. The third kappa shape index (κ3) is 4.23. The van der Waals surface area contributed by atoms with E-state index in [-0.39, 0.29) is 17.2 Å². The molecule has 5 heteroatoms. The fraction of sp³-hybridized carbons (Fsp3) is 0.231. The maximum absolute atomic E-state index is 13.0. The van der Waals surface area contributed by atoms with E-state index in [0.29, 0.717) is 17.2 Å². The minimum absolute atomic E-state index is 0.0862. The number of hydrogen-bond donors (Lipinski definition) is 1. The Balaban J connectivity index is 1.71. The lowest BCUT2D eigenvalue weighted by Crippen LogP contribution is -2.29. The van der Waals surface area contributed by atoms with E-state index in [4.69, 9.17) is 0 Å². The normalized spacial score (nSPS) is 16.1. The van der Waals surface area contributed by atoms with Gasteiger partial charge in [-0.05, 0) is 42.2 Å². The van der Waals surface area contributed by atoms with E-state index in [2.05, 4.69) is 25.2 Å². The predicted molar refractivity (Wildman–Crippen MR) is 129 cm³/mol. The van der Waals surface area contributed by atoms with E-state index in [1.807, 2.05) is 78.6 Å². The van der Waals surface area contributed by atoms with Crippen LogP contribution in [-0.4, -0.2) is 17.6 Å². The van der Waals surface area contributed by atoms with Gasteiger partial charge in [0.05, 0.1) is 5.75 Å². The van der Waals surface area contributed by atoms with Crippen LogP contribution < -0.4 is 10.2 Å². The molecule has 1 fully saturated rings. The molecule has 3 aromatic rings. The number of aryl methyl sites for hydroxylation is 1. The molecule has 1 atom stereocenters. The lowest BCUT2D eigenvalue weighted by Gasteiger charge is -2.29. The third-order valence-electron chi connectivity index (χ3n) is 5.55. The summed E-state index contributed by atoms with van der Waals surface area (Å²) in [7, 11) is 0. The van der Waals surface area contributed by atoms with Gasteiger partial charge in [-0.2, -0.15) is 0 Å². The van der Waals surface area contributed by atoms with Gasteiger partial charge in [0, 0.05) is 22.5 Å². The Labute approximate surface area is 187 Å². The van der Waals surface area contributed by atoms with Crippen LogP contribution >= 0.6 is 11.8 Å². The number of thioether (sulfide) groups is 1. The second-order valence-electron chi connectivity index (χ2n) is 8.00. The summed E-state index contributed by atoms with van der Waals surface area (Å²) < 4.78 is 0. The van der Waals surface area contributed by atoms with Crippen LogP contribution in [0, 0.1) is 6.92 Å².